The van der Waals surface area contributed by atoms with Gasteiger partial charge in [0.1, 0.15) is 0 Å². The fourth-order valence-corrected chi connectivity index (χ4v) is 0.707. The van der Waals surface area contributed by atoms with Crippen molar-refractivity contribution in [3.05, 3.63) is 6.92 Å². The molecule has 41 valence electrons. The number of hydrogen-bond acceptors (Lipinski definition) is 0. The summed E-state index contributed by atoms with van der Waals surface area (Å²) in [6, 6.07) is 0. The molecular weight excluding hydrogens is 84.1 g/mol. The maximum absolute atomic E-state index is 7.11. The van der Waals surface area contributed by atoms with E-state index < -0.39 is 0 Å². The minimum Gasteiger partial charge on any atom is -0.0628 e. The van der Waals surface area contributed by atoms with E-state index in [4.69, 9.17) is 6.92 Å². The van der Waals surface area contributed by atoms with E-state index in [0.717, 1.165) is 6.42 Å². The van der Waals surface area contributed by atoms with Gasteiger partial charge in [-0.25, -0.2) is 0 Å². The van der Waals surface area contributed by atoms with Crippen LogP contribution in [-0.2, 0) is 0 Å². The molecule has 1 atom stereocenters. The molecule has 0 nitrogen and oxygen atoms in total. The predicted octanol–water partition coefficient (Wildman–Crippen LogP) is 2.26. The summed E-state index contributed by atoms with van der Waals surface area (Å²) in [5.41, 5.74) is 0. The largest absolute Gasteiger partial charge is 0.0628 e. The number of hydrogen-bond donors (Lipinski definition) is 0. The molecule has 0 aromatic rings. The van der Waals surface area contributed by atoms with Crippen LogP contribution in [0.5, 0.6) is 0 Å². The highest BCUT2D eigenvalue weighted by atomic mass is 14.0. The lowest BCUT2D eigenvalue weighted by molar-refractivity contribution is 0.501. The fourth-order valence-electron chi connectivity index (χ4n) is 0.707. The van der Waals surface area contributed by atoms with Gasteiger partial charge in [0.2, 0.25) is 0 Å². The molecule has 0 saturated heterocycles. The first-order valence-corrected chi connectivity index (χ1v) is 2.84. The molecule has 0 aromatic carbocycles. The average molecular weight is 97.2 g/mol. The summed E-state index contributed by atoms with van der Waals surface area (Å²) in [5, 5.41) is 0. The summed E-state index contributed by atoms with van der Waals surface area (Å²) in [7, 11) is 0. The summed E-state index contributed by atoms with van der Waals surface area (Å²) in [4.78, 5) is 0. The molecule has 0 rings (SSSR count). The zero-order valence-electron chi connectivity index (χ0n) is 5.36. The van der Waals surface area contributed by atoms with Crippen molar-refractivity contribution in [3.63, 3.8) is 0 Å². The monoisotopic (exact) mass is 97.1 g/mol. The van der Waals surface area contributed by atoms with Crippen LogP contribution < -0.4 is 0 Å². The van der Waals surface area contributed by atoms with Crippen LogP contribution in [0.2, 0.25) is 0 Å². The predicted molar refractivity (Wildman–Crippen MR) is 31.9 cm³/mol. The molecule has 0 aliphatic heterocycles. The highest BCUT2D eigenvalue weighted by Crippen LogP contribution is 2.07. The van der Waals surface area contributed by atoms with Gasteiger partial charge in [0, 0.05) is 0 Å². The van der Waals surface area contributed by atoms with Crippen molar-refractivity contribution >= 4 is 0 Å². The van der Waals surface area contributed by atoms with Crippen molar-refractivity contribution in [2.45, 2.75) is 27.2 Å². The zero-order valence-corrected chi connectivity index (χ0v) is 5.36. The van der Waals surface area contributed by atoms with E-state index in [1.54, 1.807) is 0 Å². The van der Waals surface area contributed by atoms with Crippen LogP contribution >= 0.6 is 0 Å². The maximum Gasteiger partial charge on any atom is -0.00596 e. The molecule has 7 heavy (non-hydrogen) atoms. The van der Waals surface area contributed by atoms with Crippen LogP contribution in [0.3, 0.4) is 0 Å². The van der Waals surface area contributed by atoms with Crippen molar-refractivity contribution in [2.24, 2.45) is 11.8 Å². The third-order valence-electron chi connectivity index (χ3n) is 0.825. The Balaban J connectivity index is 2.95. The van der Waals surface area contributed by atoms with Gasteiger partial charge in [0.25, 0.3) is 0 Å². The fraction of sp³-hybridized carbons (Fsp3) is 0.857. The highest BCUT2D eigenvalue weighted by Gasteiger charge is 1.96. The normalized spacial score (nSPS) is 11.1. The second-order valence-electron chi connectivity index (χ2n) is 2.53. The highest BCUT2D eigenvalue weighted by molar-refractivity contribution is 4.55. The van der Waals surface area contributed by atoms with Gasteiger partial charge in [-0.15, -0.1) is 0 Å². The number of rotatable bonds is 2. The molecule has 3 radical (unpaired) electrons. The first kappa shape index (κ1) is 7.00. The van der Waals surface area contributed by atoms with Crippen LogP contribution in [0, 0.1) is 18.8 Å². The molecule has 0 amide bonds. The van der Waals surface area contributed by atoms with Gasteiger partial charge in [0.05, 0.1) is 0 Å². The van der Waals surface area contributed by atoms with Crippen molar-refractivity contribution < 1.29 is 0 Å². The zero-order chi connectivity index (χ0) is 5.86. The summed E-state index contributed by atoms with van der Waals surface area (Å²) >= 11 is 0. The van der Waals surface area contributed by atoms with Crippen molar-refractivity contribution in [2.75, 3.05) is 0 Å². The minimum absolute atomic E-state index is 0.125. The average Bonchev–Trinajstić information content (AvgIpc) is 1.27. The molecule has 0 spiro atoms. The summed E-state index contributed by atoms with van der Waals surface area (Å²) in [5.74, 6) is 0.812. The SMILES string of the molecule is [C]C(C)CC(C)C. The molecule has 0 heteroatoms. The Morgan fingerprint density at radius 3 is 1.71 bits per heavy atom. The molecule has 0 aliphatic carbocycles. The third kappa shape index (κ3) is 6.00. The van der Waals surface area contributed by atoms with Gasteiger partial charge in [-0.05, 0) is 25.2 Å². The first-order chi connectivity index (χ1) is 3.13. The van der Waals surface area contributed by atoms with Crippen LogP contribution in [0.4, 0.5) is 0 Å². The van der Waals surface area contributed by atoms with Gasteiger partial charge in [0.15, 0.2) is 0 Å². The Morgan fingerprint density at radius 1 is 1.29 bits per heavy atom. The lowest BCUT2D eigenvalue weighted by atomic mass is 10.0. The Labute approximate surface area is 46.9 Å². The Hall–Kier alpha value is 0. The lowest BCUT2D eigenvalue weighted by Gasteiger charge is -2.04. The van der Waals surface area contributed by atoms with Gasteiger partial charge in [-0.2, -0.15) is 0 Å². The van der Waals surface area contributed by atoms with Crippen LogP contribution in [-0.4, -0.2) is 0 Å². The molecule has 0 bridgehead atoms. The molecule has 0 fully saturated rings. The van der Waals surface area contributed by atoms with Crippen LogP contribution in [0.25, 0.3) is 0 Å². The molecule has 0 heterocycles. The van der Waals surface area contributed by atoms with E-state index in [0.29, 0.717) is 5.92 Å². The molecule has 1 unspecified atom stereocenters. The Kier molecular flexibility index (Phi) is 3.06. The van der Waals surface area contributed by atoms with Gasteiger partial charge in [-0.1, -0.05) is 20.8 Å². The molecule has 0 aliphatic rings. The van der Waals surface area contributed by atoms with E-state index in [9.17, 15) is 0 Å². The minimum atomic E-state index is 0.125. The van der Waals surface area contributed by atoms with Crippen molar-refractivity contribution in [1.82, 2.24) is 0 Å². The molecular formula is C7H13. The van der Waals surface area contributed by atoms with Crippen LogP contribution in [0.1, 0.15) is 27.2 Å². The van der Waals surface area contributed by atoms with Crippen molar-refractivity contribution in [3.8, 4) is 0 Å². The summed E-state index contributed by atoms with van der Waals surface area (Å²) in [6.45, 7) is 13.3. The Morgan fingerprint density at radius 2 is 1.71 bits per heavy atom. The van der Waals surface area contributed by atoms with E-state index in [-0.39, 0.29) is 5.92 Å². The first-order valence-electron chi connectivity index (χ1n) is 2.84. The third-order valence-corrected chi connectivity index (χ3v) is 0.825. The van der Waals surface area contributed by atoms with Gasteiger partial charge >= 0.3 is 0 Å². The summed E-state index contributed by atoms with van der Waals surface area (Å²) in [6.07, 6.45) is 1.03. The topological polar surface area (TPSA) is 0 Å². The quantitative estimate of drug-likeness (QED) is 0.495. The van der Waals surface area contributed by atoms with Gasteiger partial charge < -0.3 is 0 Å². The molecule has 0 aromatic heterocycles. The standard InChI is InChI=1S/C7H13/c1-6(2)5-7(3)4/h6-7H,5H2,1-3H3. The second-order valence-corrected chi connectivity index (χ2v) is 2.53. The smallest absolute Gasteiger partial charge is 0.00596 e. The van der Waals surface area contributed by atoms with Gasteiger partial charge in [-0.3, -0.25) is 0 Å². The maximum atomic E-state index is 7.11. The van der Waals surface area contributed by atoms with E-state index in [2.05, 4.69) is 13.8 Å². The van der Waals surface area contributed by atoms with E-state index in [1.807, 2.05) is 6.92 Å². The Bertz CT molecular complexity index is 29.3. The second kappa shape index (κ2) is 3.06. The molecule has 0 saturated carbocycles. The van der Waals surface area contributed by atoms with E-state index >= 15 is 0 Å². The summed E-state index contributed by atoms with van der Waals surface area (Å²) < 4.78 is 0. The molecule has 0 N–H and O–H groups in total. The van der Waals surface area contributed by atoms with E-state index in [1.165, 1.54) is 0 Å². The van der Waals surface area contributed by atoms with Crippen molar-refractivity contribution in [1.29, 1.82) is 0 Å². The lowest BCUT2D eigenvalue weighted by Crippen LogP contribution is -1.93. The van der Waals surface area contributed by atoms with Crippen LogP contribution in [0.15, 0.2) is 0 Å².